The first-order valence-electron chi connectivity index (χ1n) is 9.16. The van der Waals surface area contributed by atoms with Crippen LogP contribution in [0.4, 0.5) is 4.79 Å². The number of carbonyl (C=O) groups is 2. The molecule has 0 spiro atoms. The highest BCUT2D eigenvalue weighted by Crippen LogP contribution is 2.15. The van der Waals surface area contributed by atoms with Crippen LogP contribution < -0.4 is 15.5 Å². The number of nitrogens with zero attached hydrogens (tertiary/aromatic N) is 1. The SMILES string of the molecule is CCOC(=O)N[C@@H](Cc1ccccc1)C(=O)N/N=C\c1ccccc1OCC. The van der Waals surface area contributed by atoms with Crippen LogP contribution in [0, 0.1) is 0 Å². The normalized spacial score (nSPS) is 11.6. The summed E-state index contributed by atoms with van der Waals surface area (Å²) in [6.45, 7) is 4.34. The lowest BCUT2D eigenvalue weighted by Gasteiger charge is -2.16. The molecule has 7 heteroatoms. The van der Waals surface area contributed by atoms with E-state index in [0.29, 0.717) is 18.8 Å². The van der Waals surface area contributed by atoms with E-state index < -0.39 is 18.0 Å². The molecule has 7 nitrogen and oxygen atoms in total. The Balaban J connectivity index is 2.05. The number of ether oxygens (including phenoxy) is 2. The predicted molar refractivity (Wildman–Crippen MR) is 107 cm³/mol. The van der Waals surface area contributed by atoms with Gasteiger partial charge in [-0.1, -0.05) is 42.5 Å². The van der Waals surface area contributed by atoms with Gasteiger partial charge < -0.3 is 14.8 Å². The zero-order valence-corrected chi connectivity index (χ0v) is 16.1. The Morgan fingerprint density at radius 2 is 1.75 bits per heavy atom. The standard InChI is InChI=1S/C21H25N3O4/c1-3-27-19-13-9-8-12-17(19)15-22-24-20(25)18(23-21(26)28-4-2)14-16-10-6-5-7-11-16/h5-13,15,18H,3-4,14H2,1-2H3,(H,23,26)(H,24,25)/b22-15-/t18-/m0/s1. The van der Waals surface area contributed by atoms with Gasteiger partial charge in [0.1, 0.15) is 11.8 Å². The second-order valence-electron chi connectivity index (χ2n) is 5.81. The van der Waals surface area contributed by atoms with E-state index in [-0.39, 0.29) is 6.61 Å². The summed E-state index contributed by atoms with van der Waals surface area (Å²) in [7, 11) is 0. The van der Waals surface area contributed by atoms with Crippen molar-refractivity contribution in [1.82, 2.24) is 10.7 Å². The molecule has 2 amide bonds. The zero-order valence-electron chi connectivity index (χ0n) is 16.1. The molecule has 0 heterocycles. The lowest BCUT2D eigenvalue weighted by atomic mass is 10.1. The van der Waals surface area contributed by atoms with Gasteiger partial charge in [0.2, 0.25) is 0 Å². The number of hydrazone groups is 1. The lowest BCUT2D eigenvalue weighted by Crippen LogP contribution is -2.47. The van der Waals surface area contributed by atoms with Crippen LogP contribution in [0.15, 0.2) is 59.7 Å². The van der Waals surface area contributed by atoms with E-state index in [4.69, 9.17) is 9.47 Å². The molecule has 0 aliphatic carbocycles. The number of para-hydroxylation sites is 1. The monoisotopic (exact) mass is 383 g/mol. The molecule has 28 heavy (non-hydrogen) atoms. The van der Waals surface area contributed by atoms with Gasteiger partial charge in [-0.25, -0.2) is 10.2 Å². The fraction of sp³-hybridized carbons (Fsp3) is 0.286. The molecule has 2 aromatic carbocycles. The molecule has 0 aromatic heterocycles. The molecule has 0 saturated carbocycles. The summed E-state index contributed by atoms with van der Waals surface area (Å²) in [6.07, 6.45) is 1.17. The number of amides is 2. The predicted octanol–water partition coefficient (Wildman–Crippen LogP) is 2.89. The summed E-state index contributed by atoms with van der Waals surface area (Å²) in [5.74, 6) is 0.232. The van der Waals surface area contributed by atoms with Crippen LogP contribution in [-0.2, 0) is 16.0 Å². The van der Waals surface area contributed by atoms with Crippen molar-refractivity contribution in [1.29, 1.82) is 0 Å². The van der Waals surface area contributed by atoms with Crippen molar-refractivity contribution in [3.05, 3.63) is 65.7 Å². The first kappa shape index (κ1) is 21.0. The van der Waals surface area contributed by atoms with E-state index in [1.165, 1.54) is 6.21 Å². The molecule has 148 valence electrons. The lowest BCUT2D eigenvalue weighted by molar-refractivity contribution is -0.123. The molecule has 0 unspecified atom stereocenters. The quantitative estimate of drug-likeness (QED) is 0.515. The van der Waals surface area contributed by atoms with Gasteiger partial charge in [0.05, 0.1) is 19.4 Å². The van der Waals surface area contributed by atoms with Crippen molar-refractivity contribution in [2.45, 2.75) is 26.3 Å². The van der Waals surface area contributed by atoms with E-state index in [1.807, 2.05) is 61.5 Å². The van der Waals surface area contributed by atoms with Crippen molar-refractivity contribution in [3.8, 4) is 5.75 Å². The summed E-state index contributed by atoms with van der Waals surface area (Å²) in [5, 5.41) is 6.58. The zero-order chi connectivity index (χ0) is 20.2. The Bertz CT molecular complexity index is 793. The molecule has 0 radical (unpaired) electrons. The summed E-state index contributed by atoms with van der Waals surface area (Å²) >= 11 is 0. The molecule has 0 fully saturated rings. The second-order valence-corrected chi connectivity index (χ2v) is 5.81. The number of hydrogen-bond acceptors (Lipinski definition) is 5. The van der Waals surface area contributed by atoms with Crippen molar-refractivity contribution in [2.24, 2.45) is 5.10 Å². The Morgan fingerprint density at radius 1 is 1.04 bits per heavy atom. The summed E-state index contributed by atoms with van der Waals surface area (Å²) in [4.78, 5) is 24.4. The van der Waals surface area contributed by atoms with Crippen LogP contribution in [0.25, 0.3) is 0 Å². The summed E-state index contributed by atoms with van der Waals surface area (Å²) in [6, 6.07) is 16.0. The highest BCUT2D eigenvalue weighted by molar-refractivity contribution is 5.88. The molecular formula is C21H25N3O4. The minimum Gasteiger partial charge on any atom is -0.493 e. The number of carbonyl (C=O) groups excluding carboxylic acids is 2. The largest absolute Gasteiger partial charge is 0.493 e. The summed E-state index contributed by atoms with van der Waals surface area (Å²) in [5.41, 5.74) is 4.12. The van der Waals surface area contributed by atoms with Crippen LogP contribution in [0.3, 0.4) is 0 Å². The van der Waals surface area contributed by atoms with Crippen LogP contribution in [-0.4, -0.2) is 37.5 Å². The fourth-order valence-electron chi connectivity index (χ4n) is 2.49. The van der Waals surface area contributed by atoms with Gasteiger partial charge in [-0.15, -0.1) is 0 Å². The van der Waals surface area contributed by atoms with Crippen LogP contribution in [0.5, 0.6) is 5.75 Å². The Kier molecular flexibility index (Phi) is 8.52. The molecule has 0 aliphatic heterocycles. The van der Waals surface area contributed by atoms with Gasteiger partial charge in [-0.3, -0.25) is 4.79 Å². The average molecular weight is 383 g/mol. The molecule has 0 aliphatic rings. The smallest absolute Gasteiger partial charge is 0.407 e. The number of rotatable bonds is 9. The van der Waals surface area contributed by atoms with Gasteiger partial charge in [0.15, 0.2) is 0 Å². The molecule has 2 rings (SSSR count). The molecule has 2 N–H and O–H groups in total. The second kappa shape index (κ2) is 11.4. The molecular weight excluding hydrogens is 358 g/mol. The van der Waals surface area contributed by atoms with Crippen molar-refractivity contribution in [2.75, 3.05) is 13.2 Å². The highest BCUT2D eigenvalue weighted by atomic mass is 16.5. The number of nitrogens with one attached hydrogen (secondary N) is 2. The Labute approximate surface area is 164 Å². The first-order chi connectivity index (χ1) is 13.6. The number of hydrogen-bond donors (Lipinski definition) is 2. The van der Waals surface area contributed by atoms with Gasteiger partial charge in [0.25, 0.3) is 5.91 Å². The minimum absolute atomic E-state index is 0.220. The van der Waals surface area contributed by atoms with Crippen molar-refractivity contribution in [3.63, 3.8) is 0 Å². The Morgan fingerprint density at radius 3 is 2.46 bits per heavy atom. The average Bonchev–Trinajstić information content (AvgIpc) is 2.70. The van der Waals surface area contributed by atoms with Crippen molar-refractivity contribution >= 4 is 18.2 Å². The molecule has 0 saturated heterocycles. The molecule has 1 atom stereocenters. The van der Waals surface area contributed by atoms with Crippen LogP contribution >= 0.6 is 0 Å². The number of alkyl carbamates (subject to hydrolysis) is 1. The first-order valence-corrected chi connectivity index (χ1v) is 9.16. The van der Waals surface area contributed by atoms with Gasteiger partial charge >= 0.3 is 6.09 Å². The topological polar surface area (TPSA) is 89.0 Å². The molecule has 0 bridgehead atoms. The van der Waals surface area contributed by atoms with E-state index in [2.05, 4.69) is 15.8 Å². The highest BCUT2D eigenvalue weighted by Gasteiger charge is 2.21. The fourth-order valence-corrected chi connectivity index (χ4v) is 2.49. The Hall–Kier alpha value is -3.35. The number of benzene rings is 2. The van der Waals surface area contributed by atoms with Crippen LogP contribution in [0.1, 0.15) is 25.0 Å². The van der Waals surface area contributed by atoms with Crippen LogP contribution in [0.2, 0.25) is 0 Å². The maximum atomic E-state index is 12.6. The van der Waals surface area contributed by atoms with Gasteiger partial charge in [-0.2, -0.15) is 5.10 Å². The van der Waals surface area contributed by atoms with E-state index in [1.54, 1.807) is 6.92 Å². The maximum absolute atomic E-state index is 12.6. The third-order valence-corrected chi connectivity index (χ3v) is 3.76. The van der Waals surface area contributed by atoms with E-state index >= 15 is 0 Å². The third kappa shape index (κ3) is 6.75. The van der Waals surface area contributed by atoms with E-state index in [0.717, 1.165) is 11.1 Å². The maximum Gasteiger partial charge on any atom is 0.407 e. The third-order valence-electron chi connectivity index (χ3n) is 3.76. The van der Waals surface area contributed by atoms with Gasteiger partial charge in [0, 0.05) is 12.0 Å². The van der Waals surface area contributed by atoms with Crippen molar-refractivity contribution < 1.29 is 19.1 Å². The van der Waals surface area contributed by atoms with Gasteiger partial charge in [-0.05, 0) is 31.5 Å². The molecule has 2 aromatic rings. The minimum atomic E-state index is -0.819. The summed E-state index contributed by atoms with van der Waals surface area (Å²) < 4.78 is 10.4. The van der Waals surface area contributed by atoms with E-state index in [9.17, 15) is 9.59 Å².